The van der Waals surface area contributed by atoms with E-state index in [2.05, 4.69) is 41.7 Å². The summed E-state index contributed by atoms with van der Waals surface area (Å²) in [6, 6.07) is 4.56. The Bertz CT molecular complexity index is 1760. The third-order valence-corrected chi connectivity index (χ3v) is 12.9. The highest BCUT2D eigenvalue weighted by Crippen LogP contribution is 2.56. The molecule has 1 aromatic rings. The number of nitrogens with zero attached hydrogens (tertiary/aromatic N) is 2. The lowest BCUT2D eigenvalue weighted by Gasteiger charge is -2.43. The Morgan fingerprint density at radius 1 is 0.932 bits per heavy atom. The molecule has 0 spiro atoms. The first-order valence-electron chi connectivity index (χ1n) is 21.3. The lowest BCUT2D eigenvalue weighted by molar-refractivity contribution is -0.145. The number of likely N-dealkylation sites (tertiary alicyclic amines) is 1. The van der Waals surface area contributed by atoms with Crippen LogP contribution in [0.5, 0.6) is 0 Å². The van der Waals surface area contributed by atoms with Crippen LogP contribution >= 0.6 is 0 Å². The average Bonchev–Trinajstić information content (AvgIpc) is 3.86. The number of allylic oxidation sites excluding steroid dienone is 1. The van der Waals surface area contributed by atoms with Crippen molar-refractivity contribution in [2.45, 2.75) is 129 Å². The molecule has 0 aromatic heterocycles. The van der Waals surface area contributed by atoms with Gasteiger partial charge in [-0.2, -0.15) is 0 Å². The number of hydrogen-bond acceptors (Lipinski definition) is 8. The molecule has 324 valence electrons. The normalized spacial score (nSPS) is 24.6. The van der Waals surface area contributed by atoms with Crippen LogP contribution in [0.4, 0.5) is 4.79 Å². The fourth-order valence-corrected chi connectivity index (χ4v) is 9.72. The molecule has 1 aliphatic heterocycles. The van der Waals surface area contributed by atoms with E-state index in [1.54, 1.807) is 70.1 Å². The van der Waals surface area contributed by atoms with Crippen molar-refractivity contribution in [1.82, 2.24) is 31.1 Å². The molecular formula is C45H66N6O8. The van der Waals surface area contributed by atoms with Gasteiger partial charge in [-0.05, 0) is 86.5 Å². The number of ether oxygens (including phenoxy) is 1. The number of carbonyl (C=O) groups is 7. The molecule has 3 aliphatic carbocycles. The molecule has 1 aromatic carbocycles. The van der Waals surface area contributed by atoms with Gasteiger partial charge < -0.3 is 35.8 Å². The Kier molecular flexibility index (Phi) is 14.0. The molecule has 2 unspecified atom stereocenters. The van der Waals surface area contributed by atoms with Crippen molar-refractivity contribution >= 4 is 41.4 Å². The number of benzene rings is 1. The molecule has 1 heterocycles. The maximum atomic E-state index is 15.0. The summed E-state index contributed by atoms with van der Waals surface area (Å²) in [6.45, 7) is 15.4. The van der Waals surface area contributed by atoms with Gasteiger partial charge in [-0.25, -0.2) is 4.79 Å². The van der Waals surface area contributed by atoms with Gasteiger partial charge in [0.05, 0.1) is 12.6 Å². The van der Waals surface area contributed by atoms with Gasteiger partial charge in [-0.3, -0.25) is 28.8 Å². The third-order valence-electron chi connectivity index (χ3n) is 12.9. The smallest absolute Gasteiger partial charge is 0.408 e. The van der Waals surface area contributed by atoms with Gasteiger partial charge in [0.15, 0.2) is 0 Å². The zero-order chi connectivity index (χ0) is 43.4. The number of nitrogens with one attached hydrogen (secondary N) is 4. The summed E-state index contributed by atoms with van der Waals surface area (Å²) < 4.78 is 5.63. The van der Waals surface area contributed by atoms with E-state index < -0.39 is 71.3 Å². The van der Waals surface area contributed by atoms with Crippen LogP contribution in [0.2, 0.25) is 0 Å². The molecule has 0 bridgehead atoms. The summed E-state index contributed by atoms with van der Waals surface area (Å²) in [5, 5.41) is 10.9. The molecule has 6 amide bonds. The maximum Gasteiger partial charge on any atom is 0.408 e. The van der Waals surface area contributed by atoms with Crippen LogP contribution < -0.4 is 21.3 Å². The molecule has 3 saturated carbocycles. The van der Waals surface area contributed by atoms with E-state index in [1.807, 2.05) is 13.0 Å². The van der Waals surface area contributed by atoms with Crippen LogP contribution in [-0.4, -0.2) is 102 Å². The highest BCUT2D eigenvalue weighted by atomic mass is 16.6. The summed E-state index contributed by atoms with van der Waals surface area (Å²) >= 11 is 0. The van der Waals surface area contributed by atoms with Crippen LogP contribution in [0.15, 0.2) is 43.0 Å². The number of Topliss-reactive ketones (excluding diaryl/α,β-unsaturated/α-hetero) is 1. The minimum atomic E-state index is -1.20. The summed E-state index contributed by atoms with van der Waals surface area (Å²) in [7, 11) is 3.14. The molecule has 5 rings (SSSR count). The Morgan fingerprint density at radius 3 is 2.15 bits per heavy atom. The van der Waals surface area contributed by atoms with E-state index in [-0.39, 0.29) is 53.9 Å². The largest absolute Gasteiger partial charge is 0.444 e. The first kappa shape index (κ1) is 45.3. The zero-order valence-corrected chi connectivity index (χ0v) is 36.2. The van der Waals surface area contributed by atoms with Crippen molar-refractivity contribution in [3.8, 4) is 0 Å². The second-order valence-electron chi connectivity index (χ2n) is 19.4. The average molecular weight is 819 g/mol. The van der Waals surface area contributed by atoms with Crippen molar-refractivity contribution in [3.63, 3.8) is 0 Å². The first-order valence-corrected chi connectivity index (χ1v) is 21.3. The molecule has 4 N–H and O–H groups in total. The maximum absolute atomic E-state index is 15.0. The van der Waals surface area contributed by atoms with Gasteiger partial charge in [0, 0.05) is 20.6 Å². The van der Waals surface area contributed by atoms with Gasteiger partial charge in [0.25, 0.3) is 5.91 Å². The van der Waals surface area contributed by atoms with Gasteiger partial charge in [0.2, 0.25) is 29.4 Å². The molecule has 59 heavy (non-hydrogen) atoms. The van der Waals surface area contributed by atoms with Crippen LogP contribution in [0.25, 0.3) is 0 Å². The second kappa shape index (κ2) is 18.3. The van der Waals surface area contributed by atoms with Gasteiger partial charge in [-0.15, -0.1) is 6.58 Å². The fourth-order valence-electron chi connectivity index (χ4n) is 9.72. The van der Waals surface area contributed by atoms with Crippen LogP contribution in [0.1, 0.15) is 111 Å². The summed E-state index contributed by atoms with van der Waals surface area (Å²) in [6.07, 6.45) is 7.98. The van der Waals surface area contributed by atoms with E-state index in [1.165, 1.54) is 4.90 Å². The SMILES string of the molecule is C=CC1[C@H]2CN(C(=O)[C@@H](NC(=O)OC(C)(C)C)C3(C)CCCCC3)[C@H](C(=O)NC(CC3CC3)C(=O)C(=O)NCC(=O)N[C@H](C(=O)N(C)C)c3ccccc3)[C@H]2CC1(C)C. The highest BCUT2D eigenvalue weighted by Gasteiger charge is 2.60. The summed E-state index contributed by atoms with van der Waals surface area (Å²) in [5.41, 5.74) is -1.04. The Morgan fingerprint density at radius 2 is 1.58 bits per heavy atom. The topological polar surface area (TPSA) is 183 Å². The quantitative estimate of drug-likeness (QED) is 0.148. The van der Waals surface area contributed by atoms with Crippen LogP contribution in [0, 0.1) is 34.5 Å². The molecular weight excluding hydrogens is 753 g/mol. The number of rotatable bonds is 15. The predicted molar refractivity (Wildman–Crippen MR) is 222 cm³/mol. The second-order valence-corrected chi connectivity index (χ2v) is 19.4. The number of ketones is 1. The monoisotopic (exact) mass is 818 g/mol. The molecule has 0 radical (unpaired) electrons. The lowest BCUT2D eigenvalue weighted by atomic mass is 9.70. The standard InChI is InChI=1S/C45H66N6O8/c1-10-31-30-26-51(41(57)37(45(7)21-15-12-16-22-45)49-42(58)59-43(2,3)4)35(29(30)24-44(31,5)6)38(54)47-32(23-27-19-20-27)36(53)39(55)46-25-33(52)48-34(40(56)50(8)9)28-17-13-11-14-18-28/h10-11,13-14,17-18,27,29-32,34-35,37H,1,12,15-16,19-26H2,2-9H3,(H,46,55)(H,47,54)(H,48,52)(H,49,58)/t29-,30-,31?,32?,34-,35-,37+/m0/s1. The molecule has 14 heteroatoms. The van der Waals surface area contributed by atoms with Gasteiger partial charge in [-0.1, -0.05) is 89.3 Å². The van der Waals surface area contributed by atoms with Crippen molar-refractivity contribution in [3.05, 3.63) is 48.6 Å². The van der Waals surface area contributed by atoms with Crippen LogP contribution in [-0.2, 0) is 33.5 Å². The van der Waals surface area contributed by atoms with E-state index in [9.17, 15) is 28.8 Å². The van der Waals surface area contributed by atoms with Crippen molar-refractivity contribution in [2.75, 3.05) is 27.2 Å². The zero-order valence-electron chi connectivity index (χ0n) is 36.2. The summed E-state index contributed by atoms with van der Waals surface area (Å²) in [4.78, 5) is 99.3. The Hall–Kier alpha value is -4.75. The molecule has 7 atom stereocenters. The Balaban J connectivity index is 1.36. The number of carbonyl (C=O) groups excluding carboxylic acids is 7. The van der Waals surface area contributed by atoms with Crippen molar-refractivity contribution in [2.24, 2.45) is 34.5 Å². The molecule has 1 saturated heterocycles. The lowest BCUT2D eigenvalue weighted by Crippen LogP contribution is -2.61. The minimum Gasteiger partial charge on any atom is -0.444 e. The van der Waals surface area contributed by atoms with E-state index in [0.717, 1.165) is 32.1 Å². The molecule has 4 fully saturated rings. The fraction of sp³-hybridized carbons (Fsp3) is 0.667. The highest BCUT2D eigenvalue weighted by molar-refractivity contribution is 6.38. The number of likely N-dealkylation sites (N-methyl/N-ethyl adjacent to an activating group) is 1. The van der Waals surface area contributed by atoms with Crippen LogP contribution in [0.3, 0.4) is 0 Å². The predicted octanol–water partition coefficient (Wildman–Crippen LogP) is 4.44. The number of fused-ring (bicyclic) bond motifs is 1. The van der Waals surface area contributed by atoms with Gasteiger partial charge >= 0.3 is 6.09 Å². The molecule has 4 aliphatic rings. The summed E-state index contributed by atoms with van der Waals surface area (Å²) in [5.74, 6) is -4.13. The number of hydrogen-bond donors (Lipinski definition) is 4. The van der Waals surface area contributed by atoms with Crippen molar-refractivity contribution < 1.29 is 38.3 Å². The van der Waals surface area contributed by atoms with E-state index in [4.69, 9.17) is 4.74 Å². The van der Waals surface area contributed by atoms with E-state index >= 15 is 4.79 Å². The Labute approximate surface area is 349 Å². The minimum absolute atomic E-state index is 0.00143. The molecule has 14 nitrogen and oxygen atoms in total. The van der Waals surface area contributed by atoms with Crippen molar-refractivity contribution in [1.29, 1.82) is 0 Å². The number of alkyl carbamates (subject to hydrolysis) is 1. The number of amides is 6. The third kappa shape index (κ3) is 10.9. The first-order chi connectivity index (χ1) is 27.7. The van der Waals surface area contributed by atoms with E-state index in [0.29, 0.717) is 24.8 Å². The van der Waals surface area contributed by atoms with Gasteiger partial charge in [0.1, 0.15) is 23.7 Å².